The van der Waals surface area contributed by atoms with Crippen molar-refractivity contribution in [2.45, 2.75) is 37.3 Å². The number of nitrogens with zero attached hydrogens (tertiary/aromatic N) is 1. The van der Waals surface area contributed by atoms with E-state index in [-0.39, 0.29) is 11.6 Å². The highest BCUT2D eigenvalue weighted by Crippen LogP contribution is 2.40. The first-order valence-corrected chi connectivity index (χ1v) is 8.00. The number of hydrogen-bond donors (Lipinski definition) is 1. The zero-order chi connectivity index (χ0) is 15.6. The molecular formula is C18H25NO3. The first-order chi connectivity index (χ1) is 10.7. The van der Waals surface area contributed by atoms with Crippen LogP contribution in [0.5, 0.6) is 11.5 Å². The molecule has 0 bridgehead atoms. The second-order valence-electron chi connectivity index (χ2n) is 6.21. The van der Waals surface area contributed by atoms with E-state index in [1.807, 2.05) is 18.2 Å². The van der Waals surface area contributed by atoms with Gasteiger partial charge in [0.05, 0.1) is 25.9 Å². The number of benzene rings is 1. The molecule has 1 aromatic rings. The molecule has 1 fully saturated rings. The van der Waals surface area contributed by atoms with Gasteiger partial charge in [0.2, 0.25) is 0 Å². The summed E-state index contributed by atoms with van der Waals surface area (Å²) in [6, 6.07) is 6.10. The van der Waals surface area contributed by atoms with Crippen LogP contribution in [0.2, 0.25) is 0 Å². The van der Waals surface area contributed by atoms with Crippen LogP contribution in [-0.2, 0) is 6.42 Å². The fourth-order valence-corrected chi connectivity index (χ4v) is 3.86. The van der Waals surface area contributed by atoms with Gasteiger partial charge in [0.25, 0.3) is 0 Å². The summed E-state index contributed by atoms with van der Waals surface area (Å²) in [6.07, 6.45) is 7.95. The number of ether oxygens (including phenoxy) is 2. The zero-order valence-corrected chi connectivity index (χ0v) is 13.4. The lowest BCUT2D eigenvalue weighted by Crippen LogP contribution is -2.50. The van der Waals surface area contributed by atoms with Gasteiger partial charge in [0, 0.05) is 6.54 Å². The molecule has 3 rings (SSSR count). The van der Waals surface area contributed by atoms with E-state index in [9.17, 15) is 5.11 Å². The lowest BCUT2D eigenvalue weighted by Gasteiger charge is -2.38. The van der Waals surface area contributed by atoms with Gasteiger partial charge in [-0.15, -0.1) is 0 Å². The third kappa shape index (κ3) is 2.61. The van der Waals surface area contributed by atoms with E-state index >= 15 is 0 Å². The number of likely N-dealkylation sites (tertiary alicyclic amines) is 1. The quantitative estimate of drug-likeness (QED) is 0.848. The van der Waals surface area contributed by atoms with Crippen LogP contribution in [0.15, 0.2) is 30.4 Å². The number of methoxy groups -OCH3 is 2. The fraction of sp³-hybridized carbons (Fsp3) is 0.556. The van der Waals surface area contributed by atoms with Gasteiger partial charge < -0.3 is 14.6 Å². The Bertz CT molecular complexity index is 557. The van der Waals surface area contributed by atoms with Crippen molar-refractivity contribution < 1.29 is 14.6 Å². The molecule has 0 aromatic heterocycles. The minimum atomic E-state index is -0.319. The Morgan fingerprint density at radius 1 is 1.27 bits per heavy atom. The molecule has 2 aliphatic rings. The Labute approximate surface area is 132 Å². The van der Waals surface area contributed by atoms with Crippen molar-refractivity contribution in [2.75, 3.05) is 27.3 Å². The molecule has 4 heteroatoms. The Balaban J connectivity index is 1.67. The number of aliphatic hydroxyl groups is 1. The summed E-state index contributed by atoms with van der Waals surface area (Å²) in [5.41, 5.74) is 1.19. The van der Waals surface area contributed by atoms with Gasteiger partial charge in [-0.1, -0.05) is 18.2 Å². The first kappa shape index (κ1) is 15.4. The van der Waals surface area contributed by atoms with Gasteiger partial charge in [-0.3, -0.25) is 4.90 Å². The molecule has 0 amide bonds. The van der Waals surface area contributed by atoms with E-state index in [1.54, 1.807) is 14.2 Å². The summed E-state index contributed by atoms with van der Waals surface area (Å²) in [6.45, 7) is 2.04. The molecule has 1 aliphatic carbocycles. The minimum absolute atomic E-state index is 0.0451. The predicted molar refractivity (Wildman–Crippen MR) is 86.6 cm³/mol. The second-order valence-corrected chi connectivity index (χ2v) is 6.21. The van der Waals surface area contributed by atoms with Crippen LogP contribution in [0.25, 0.3) is 0 Å². The van der Waals surface area contributed by atoms with Crippen LogP contribution in [0.4, 0.5) is 0 Å². The Hall–Kier alpha value is -1.52. The monoisotopic (exact) mass is 303 g/mol. The van der Waals surface area contributed by atoms with Gasteiger partial charge >= 0.3 is 0 Å². The smallest absolute Gasteiger partial charge is 0.160 e. The summed E-state index contributed by atoms with van der Waals surface area (Å²) in [4.78, 5) is 2.47. The predicted octanol–water partition coefficient (Wildman–Crippen LogP) is 2.40. The summed E-state index contributed by atoms with van der Waals surface area (Å²) in [5.74, 6) is 1.54. The van der Waals surface area contributed by atoms with E-state index in [0.29, 0.717) is 0 Å². The zero-order valence-electron chi connectivity index (χ0n) is 13.4. The van der Waals surface area contributed by atoms with Gasteiger partial charge in [-0.25, -0.2) is 0 Å². The third-order valence-electron chi connectivity index (χ3n) is 5.13. The van der Waals surface area contributed by atoms with Gasteiger partial charge in [-0.2, -0.15) is 0 Å². The average molecular weight is 303 g/mol. The molecule has 2 atom stereocenters. The number of aliphatic hydroxyl groups excluding tert-OH is 1. The van der Waals surface area contributed by atoms with Gasteiger partial charge in [0.15, 0.2) is 11.5 Å². The molecular weight excluding hydrogens is 278 g/mol. The largest absolute Gasteiger partial charge is 0.493 e. The standard InChI is InChI=1S/C18H25NO3/c1-21-15-7-6-14(13-16(15)22-2)8-12-19-11-4-10-18(19)9-3-5-17(18)20/h3,5-7,13,17,20H,4,8-12H2,1-2H3/t17?,18-/m0/s1. The van der Waals surface area contributed by atoms with E-state index < -0.39 is 0 Å². The van der Waals surface area contributed by atoms with E-state index in [2.05, 4.69) is 17.0 Å². The summed E-state index contributed by atoms with van der Waals surface area (Å²) >= 11 is 0. The van der Waals surface area contributed by atoms with Crippen molar-refractivity contribution in [2.24, 2.45) is 0 Å². The second kappa shape index (κ2) is 6.31. The highest BCUT2D eigenvalue weighted by Gasteiger charge is 2.46. The number of rotatable bonds is 5. The maximum atomic E-state index is 10.3. The van der Waals surface area contributed by atoms with E-state index in [4.69, 9.17) is 9.47 Å². The normalized spacial score (nSPS) is 27.7. The fourth-order valence-electron chi connectivity index (χ4n) is 3.86. The first-order valence-electron chi connectivity index (χ1n) is 8.00. The summed E-state index contributed by atoms with van der Waals surface area (Å²) in [7, 11) is 3.32. The molecule has 120 valence electrons. The molecule has 0 radical (unpaired) electrons. The highest BCUT2D eigenvalue weighted by atomic mass is 16.5. The SMILES string of the molecule is COc1ccc(CCN2CCC[C@]23CC=CC3O)cc1OC. The van der Waals surface area contributed by atoms with Crippen LogP contribution in [-0.4, -0.2) is 49.0 Å². The third-order valence-corrected chi connectivity index (χ3v) is 5.13. The Kier molecular flexibility index (Phi) is 4.41. The van der Waals surface area contributed by atoms with Crippen molar-refractivity contribution in [3.63, 3.8) is 0 Å². The molecule has 0 saturated carbocycles. The lowest BCUT2D eigenvalue weighted by molar-refractivity contribution is 0.0321. The topological polar surface area (TPSA) is 41.9 Å². The molecule has 1 spiro atoms. The Morgan fingerprint density at radius 2 is 2.09 bits per heavy atom. The van der Waals surface area contributed by atoms with Crippen molar-refractivity contribution >= 4 is 0 Å². The van der Waals surface area contributed by atoms with E-state index in [0.717, 1.165) is 43.9 Å². The van der Waals surface area contributed by atoms with Crippen LogP contribution >= 0.6 is 0 Å². The molecule has 1 aromatic carbocycles. The molecule has 1 heterocycles. The van der Waals surface area contributed by atoms with Gasteiger partial charge in [-0.05, 0) is 49.9 Å². The molecule has 4 nitrogen and oxygen atoms in total. The molecule has 1 aliphatic heterocycles. The lowest BCUT2D eigenvalue weighted by atomic mass is 9.90. The van der Waals surface area contributed by atoms with Crippen molar-refractivity contribution in [1.82, 2.24) is 4.90 Å². The van der Waals surface area contributed by atoms with Crippen LogP contribution in [0.1, 0.15) is 24.8 Å². The maximum absolute atomic E-state index is 10.3. The van der Waals surface area contributed by atoms with Crippen molar-refractivity contribution in [3.05, 3.63) is 35.9 Å². The molecule has 1 unspecified atom stereocenters. The van der Waals surface area contributed by atoms with E-state index in [1.165, 1.54) is 12.0 Å². The van der Waals surface area contributed by atoms with Crippen LogP contribution < -0.4 is 9.47 Å². The summed E-state index contributed by atoms with van der Waals surface area (Å²) < 4.78 is 10.7. The van der Waals surface area contributed by atoms with Crippen LogP contribution in [0.3, 0.4) is 0 Å². The van der Waals surface area contributed by atoms with Crippen molar-refractivity contribution in [3.8, 4) is 11.5 Å². The Morgan fingerprint density at radius 3 is 2.77 bits per heavy atom. The average Bonchev–Trinajstić information content (AvgIpc) is 3.12. The van der Waals surface area contributed by atoms with Crippen LogP contribution in [0, 0.1) is 0 Å². The molecule has 1 saturated heterocycles. The molecule has 22 heavy (non-hydrogen) atoms. The van der Waals surface area contributed by atoms with Gasteiger partial charge in [0.1, 0.15) is 0 Å². The summed E-state index contributed by atoms with van der Waals surface area (Å²) in [5, 5.41) is 10.3. The highest BCUT2D eigenvalue weighted by molar-refractivity contribution is 5.43. The molecule has 1 N–H and O–H groups in total. The van der Waals surface area contributed by atoms with Crippen molar-refractivity contribution in [1.29, 1.82) is 0 Å². The number of hydrogen-bond acceptors (Lipinski definition) is 4. The maximum Gasteiger partial charge on any atom is 0.160 e. The minimum Gasteiger partial charge on any atom is -0.493 e.